The molecule has 28 heavy (non-hydrogen) atoms. The van der Waals surface area contributed by atoms with Crippen molar-refractivity contribution in [2.45, 2.75) is 31.2 Å². The van der Waals surface area contributed by atoms with Crippen molar-refractivity contribution in [3.63, 3.8) is 0 Å². The van der Waals surface area contributed by atoms with E-state index < -0.39 is 0 Å². The highest BCUT2D eigenvalue weighted by Gasteiger charge is 2.34. The molecule has 3 rings (SSSR count). The van der Waals surface area contributed by atoms with Crippen LogP contribution in [0.15, 0.2) is 64.1 Å². The Kier molecular flexibility index (Phi) is 9.24. The number of rotatable bonds is 5. The number of hydrogen-bond donors (Lipinski definition) is 2. The first-order chi connectivity index (χ1) is 13.1. The summed E-state index contributed by atoms with van der Waals surface area (Å²) in [5.41, 5.74) is 2.66. The molecule has 6 heteroatoms. The van der Waals surface area contributed by atoms with E-state index in [2.05, 4.69) is 87.0 Å². The van der Waals surface area contributed by atoms with Crippen molar-refractivity contribution in [3.8, 4) is 0 Å². The van der Waals surface area contributed by atoms with Gasteiger partial charge in [-0.05, 0) is 43.0 Å². The van der Waals surface area contributed by atoms with Crippen molar-refractivity contribution in [2.24, 2.45) is 4.99 Å². The molecular weight excluding hydrogens is 529 g/mol. The lowest BCUT2D eigenvalue weighted by atomic mass is 9.74. The molecule has 2 aromatic rings. The lowest BCUT2D eigenvalue weighted by molar-refractivity contribution is 0.0513. The summed E-state index contributed by atoms with van der Waals surface area (Å²) in [6.07, 6.45) is 2.01. The van der Waals surface area contributed by atoms with Gasteiger partial charge < -0.3 is 15.4 Å². The van der Waals surface area contributed by atoms with Crippen molar-refractivity contribution in [1.82, 2.24) is 10.6 Å². The zero-order valence-corrected chi connectivity index (χ0v) is 20.4. The third-order valence-corrected chi connectivity index (χ3v) is 5.91. The number of benzene rings is 2. The van der Waals surface area contributed by atoms with Crippen LogP contribution in [0, 0.1) is 0 Å². The van der Waals surface area contributed by atoms with E-state index in [0.29, 0.717) is 0 Å². The van der Waals surface area contributed by atoms with Crippen LogP contribution in [0.3, 0.4) is 0 Å². The Labute approximate surface area is 193 Å². The Morgan fingerprint density at radius 3 is 2.36 bits per heavy atom. The summed E-state index contributed by atoms with van der Waals surface area (Å²) < 4.78 is 6.75. The molecule has 0 amide bonds. The fourth-order valence-corrected chi connectivity index (χ4v) is 3.88. The molecule has 1 saturated heterocycles. The standard InChI is InChI=1S/C22H28BrN3O.HI/c1-17(18-6-4-3-5-7-18)26-21(24-2)25-16-22(12-14-27-15-13-22)19-8-10-20(23)11-9-19;/h3-11,17H,12-16H2,1-2H3,(H2,24,25,26);1H. The van der Waals surface area contributed by atoms with Crippen molar-refractivity contribution in [2.75, 3.05) is 26.8 Å². The summed E-state index contributed by atoms with van der Waals surface area (Å²) in [5.74, 6) is 0.828. The summed E-state index contributed by atoms with van der Waals surface area (Å²) in [6, 6.07) is 19.3. The Morgan fingerprint density at radius 1 is 1.11 bits per heavy atom. The van der Waals surface area contributed by atoms with Gasteiger partial charge >= 0.3 is 0 Å². The molecule has 0 aromatic heterocycles. The van der Waals surface area contributed by atoms with Gasteiger partial charge in [0, 0.05) is 36.7 Å². The van der Waals surface area contributed by atoms with E-state index >= 15 is 0 Å². The normalized spacial score (nSPS) is 17.3. The molecule has 4 nitrogen and oxygen atoms in total. The quantitative estimate of drug-likeness (QED) is 0.307. The van der Waals surface area contributed by atoms with Crippen LogP contribution in [-0.4, -0.2) is 32.8 Å². The molecule has 1 atom stereocenters. The predicted octanol–water partition coefficient (Wildman–Crippen LogP) is 5.04. The molecule has 1 aliphatic heterocycles. The van der Waals surface area contributed by atoms with E-state index in [-0.39, 0.29) is 35.4 Å². The average molecular weight is 558 g/mol. The summed E-state index contributed by atoms with van der Waals surface area (Å²) in [7, 11) is 1.82. The van der Waals surface area contributed by atoms with Crippen LogP contribution in [0.5, 0.6) is 0 Å². The zero-order valence-electron chi connectivity index (χ0n) is 16.5. The lowest BCUT2D eigenvalue weighted by Crippen LogP contribution is -2.48. The molecule has 1 heterocycles. The minimum atomic E-state index is 0. The monoisotopic (exact) mass is 557 g/mol. The van der Waals surface area contributed by atoms with Crippen LogP contribution in [-0.2, 0) is 10.2 Å². The van der Waals surface area contributed by atoms with Crippen molar-refractivity contribution in [1.29, 1.82) is 0 Å². The third kappa shape index (κ3) is 5.94. The molecule has 152 valence electrons. The fourth-order valence-electron chi connectivity index (χ4n) is 3.61. The molecule has 2 N–H and O–H groups in total. The van der Waals surface area contributed by atoms with Crippen LogP contribution in [0.1, 0.15) is 36.9 Å². The maximum atomic E-state index is 5.64. The second kappa shape index (κ2) is 11.2. The highest BCUT2D eigenvalue weighted by Crippen LogP contribution is 2.35. The van der Waals surface area contributed by atoms with E-state index in [1.54, 1.807) is 0 Å². The number of ether oxygens (including phenoxy) is 1. The number of hydrogen-bond acceptors (Lipinski definition) is 2. The van der Waals surface area contributed by atoms with Crippen molar-refractivity contribution >= 4 is 45.9 Å². The van der Waals surface area contributed by atoms with Gasteiger partial charge in [-0.15, -0.1) is 24.0 Å². The van der Waals surface area contributed by atoms with Crippen LogP contribution in [0.25, 0.3) is 0 Å². The molecule has 1 unspecified atom stereocenters. The van der Waals surface area contributed by atoms with Gasteiger partial charge in [0.1, 0.15) is 0 Å². The van der Waals surface area contributed by atoms with Gasteiger partial charge in [0.2, 0.25) is 0 Å². The topological polar surface area (TPSA) is 45.7 Å². The molecule has 0 aliphatic carbocycles. The highest BCUT2D eigenvalue weighted by atomic mass is 127. The predicted molar refractivity (Wildman–Crippen MR) is 131 cm³/mol. The Balaban J connectivity index is 0.00000280. The molecule has 0 radical (unpaired) electrons. The second-order valence-electron chi connectivity index (χ2n) is 7.10. The van der Waals surface area contributed by atoms with Crippen LogP contribution in [0.2, 0.25) is 0 Å². The Morgan fingerprint density at radius 2 is 1.75 bits per heavy atom. The van der Waals surface area contributed by atoms with Gasteiger partial charge in [0.25, 0.3) is 0 Å². The molecule has 1 aliphatic rings. The van der Waals surface area contributed by atoms with Gasteiger partial charge in [-0.2, -0.15) is 0 Å². The number of nitrogens with one attached hydrogen (secondary N) is 2. The van der Waals surface area contributed by atoms with Gasteiger partial charge in [-0.3, -0.25) is 4.99 Å². The number of halogens is 2. The van der Waals surface area contributed by atoms with E-state index in [0.717, 1.165) is 43.0 Å². The smallest absolute Gasteiger partial charge is 0.191 e. The van der Waals surface area contributed by atoms with E-state index in [4.69, 9.17) is 4.74 Å². The minimum Gasteiger partial charge on any atom is -0.381 e. The molecule has 1 fully saturated rings. The van der Waals surface area contributed by atoms with E-state index in [1.165, 1.54) is 11.1 Å². The summed E-state index contributed by atoms with van der Waals surface area (Å²) in [5, 5.41) is 7.07. The average Bonchev–Trinajstić information content (AvgIpc) is 2.72. The maximum absolute atomic E-state index is 5.64. The minimum absolute atomic E-state index is 0. The van der Waals surface area contributed by atoms with Crippen molar-refractivity contribution in [3.05, 3.63) is 70.2 Å². The van der Waals surface area contributed by atoms with Gasteiger partial charge in [-0.1, -0.05) is 58.4 Å². The molecule has 0 spiro atoms. The summed E-state index contributed by atoms with van der Waals surface area (Å²) >= 11 is 3.54. The van der Waals surface area contributed by atoms with Gasteiger partial charge in [0.05, 0.1) is 6.04 Å². The largest absolute Gasteiger partial charge is 0.381 e. The van der Waals surface area contributed by atoms with Crippen LogP contribution >= 0.6 is 39.9 Å². The zero-order chi connectivity index (χ0) is 19.1. The maximum Gasteiger partial charge on any atom is 0.191 e. The molecule has 2 aromatic carbocycles. The first kappa shape index (κ1) is 23.2. The second-order valence-corrected chi connectivity index (χ2v) is 8.02. The summed E-state index contributed by atoms with van der Waals surface area (Å²) in [4.78, 5) is 4.43. The number of nitrogens with zero attached hydrogens (tertiary/aromatic N) is 1. The number of guanidine groups is 1. The summed E-state index contributed by atoms with van der Waals surface area (Å²) in [6.45, 7) is 4.58. The van der Waals surface area contributed by atoms with Gasteiger partial charge in [0.15, 0.2) is 5.96 Å². The Hall–Kier alpha value is -1.12. The molecule has 0 bridgehead atoms. The molecule has 0 saturated carbocycles. The molecular formula is C22H29BrIN3O. The van der Waals surface area contributed by atoms with Gasteiger partial charge in [-0.25, -0.2) is 0 Å². The van der Waals surface area contributed by atoms with Crippen LogP contribution < -0.4 is 10.6 Å². The lowest BCUT2D eigenvalue weighted by Gasteiger charge is -2.38. The first-order valence-electron chi connectivity index (χ1n) is 9.49. The SMILES string of the molecule is CN=C(NCC1(c2ccc(Br)cc2)CCOCC1)NC(C)c1ccccc1.I. The third-order valence-electron chi connectivity index (χ3n) is 5.38. The van der Waals surface area contributed by atoms with E-state index in [1.807, 2.05) is 13.1 Å². The fraction of sp³-hybridized carbons (Fsp3) is 0.409. The van der Waals surface area contributed by atoms with Crippen LogP contribution in [0.4, 0.5) is 0 Å². The van der Waals surface area contributed by atoms with E-state index in [9.17, 15) is 0 Å². The highest BCUT2D eigenvalue weighted by molar-refractivity contribution is 14.0. The first-order valence-corrected chi connectivity index (χ1v) is 10.3. The Bertz CT molecular complexity index is 746. The van der Waals surface area contributed by atoms with Crippen molar-refractivity contribution < 1.29 is 4.74 Å². The number of aliphatic imine (C=N–C) groups is 1.